The van der Waals surface area contributed by atoms with E-state index >= 15 is 0 Å². The van der Waals surface area contributed by atoms with E-state index in [-0.39, 0.29) is 17.7 Å². The fourth-order valence-electron chi connectivity index (χ4n) is 3.47. The van der Waals surface area contributed by atoms with Crippen molar-refractivity contribution in [3.05, 3.63) is 64.7 Å². The Hall–Kier alpha value is -2.62. The van der Waals surface area contributed by atoms with Crippen LogP contribution in [0.15, 0.2) is 42.5 Å². The number of hydrogen-bond donors (Lipinski definition) is 1. The number of amides is 2. The third-order valence-electron chi connectivity index (χ3n) is 5.54. The number of aryl methyl sites for hydroxylation is 3. The standard InChI is InChI=1S/C23H28N2O2/c1-4-18-6-9-21(10-7-18)24-22(26)19-11-13-25(14-12-19)23(27)20-8-5-16(2)17(3)15-20/h5-10,15,19H,4,11-14H2,1-3H3,(H,24,26). The van der Waals surface area contributed by atoms with E-state index in [1.165, 1.54) is 11.1 Å². The molecule has 0 radical (unpaired) electrons. The van der Waals surface area contributed by atoms with Gasteiger partial charge in [0, 0.05) is 30.3 Å². The minimum Gasteiger partial charge on any atom is -0.339 e. The van der Waals surface area contributed by atoms with Gasteiger partial charge in [-0.05, 0) is 74.1 Å². The Morgan fingerprint density at radius 3 is 2.26 bits per heavy atom. The fourth-order valence-corrected chi connectivity index (χ4v) is 3.47. The van der Waals surface area contributed by atoms with Gasteiger partial charge in [0.05, 0.1) is 0 Å². The van der Waals surface area contributed by atoms with E-state index in [0.29, 0.717) is 25.9 Å². The summed E-state index contributed by atoms with van der Waals surface area (Å²) in [5.41, 5.74) is 5.15. The van der Waals surface area contributed by atoms with Gasteiger partial charge in [-0.2, -0.15) is 0 Å². The van der Waals surface area contributed by atoms with Crippen LogP contribution in [0.5, 0.6) is 0 Å². The number of benzene rings is 2. The molecule has 0 atom stereocenters. The highest BCUT2D eigenvalue weighted by molar-refractivity contribution is 5.95. The maximum Gasteiger partial charge on any atom is 0.253 e. The first-order chi connectivity index (χ1) is 13.0. The van der Waals surface area contributed by atoms with E-state index in [9.17, 15) is 9.59 Å². The minimum absolute atomic E-state index is 0.0420. The highest BCUT2D eigenvalue weighted by Gasteiger charge is 2.28. The Labute approximate surface area is 161 Å². The van der Waals surface area contributed by atoms with Gasteiger partial charge >= 0.3 is 0 Å². The van der Waals surface area contributed by atoms with Gasteiger partial charge in [0.1, 0.15) is 0 Å². The van der Waals surface area contributed by atoms with Crippen molar-refractivity contribution in [3.8, 4) is 0 Å². The molecule has 0 unspecified atom stereocenters. The van der Waals surface area contributed by atoms with Crippen LogP contribution in [0.1, 0.15) is 46.8 Å². The fraction of sp³-hybridized carbons (Fsp3) is 0.391. The molecule has 1 aliphatic heterocycles. The number of nitrogens with zero attached hydrogens (tertiary/aromatic N) is 1. The van der Waals surface area contributed by atoms with Crippen LogP contribution in [0, 0.1) is 19.8 Å². The first kappa shape index (κ1) is 19.2. The average Bonchev–Trinajstić information content (AvgIpc) is 2.70. The van der Waals surface area contributed by atoms with Gasteiger partial charge in [-0.3, -0.25) is 9.59 Å². The first-order valence-electron chi connectivity index (χ1n) is 9.74. The van der Waals surface area contributed by atoms with Crippen LogP contribution in [0.4, 0.5) is 5.69 Å². The monoisotopic (exact) mass is 364 g/mol. The van der Waals surface area contributed by atoms with Crippen molar-refractivity contribution in [2.24, 2.45) is 5.92 Å². The molecule has 142 valence electrons. The van der Waals surface area contributed by atoms with Crippen molar-refractivity contribution in [1.29, 1.82) is 0 Å². The number of carbonyl (C=O) groups is 2. The van der Waals surface area contributed by atoms with Gasteiger partial charge in [0.15, 0.2) is 0 Å². The molecule has 0 aliphatic carbocycles. The van der Waals surface area contributed by atoms with Crippen molar-refractivity contribution in [2.75, 3.05) is 18.4 Å². The van der Waals surface area contributed by atoms with E-state index in [1.54, 1.807) is 0 Å². The van der Waals surface area contributed by atoms with E-state index < -0.39 is 0 Å². The summed E-state index contributed by atoms with van der Waals surface area (Å²) in [5.74, 6) is 0.0734. The van der Waals surface area contributed by atoms with Crippen LogP contribution in [-0.4, -0.2) is 29.8 Å². The lowest BCUT2D eigenvalue weighted by Gasteiger charge is -2.31. The summed E-state index contributed by atoms with van der Waals surface area (Å²) >= 11 is 0. The summed E-state index contributed by atoms with van der Waals surface area (Å²) in [7, 11) is 0. The third-order valence-corrected chi connectivity index (χ3v) is 5.54. The molecule has 4 heteroatoms. The summed E-state index contributed by atoms with van der Waals surface area (Å²) in [6.07, 6.45) is 2.39. The molecule has 0 aromatic heterocycles. The Balaban J connectivity index is 1.55. The quantitative estimate of drug-likeness (QED) is 0.876. The molecule has 3 rings (SSSR count). The minimum atomic E-state index is -0.0420. The molecule has 1 N–H and O–H groups in total. The van der Waals surface area contributed by atoms with Gasteiger partial charge in [0.2, 0.25) is 5.91 Å². The first-order valence-corrected chi connectivity index (χ1v) is 9.74. The van der Waals surface area contributed by atoms with Gasteiger partial charge in [-0.25, -0.2) is 0 Å². The second-order valence-electron chi connectivity index (χ2n) is 7.41. The van der Waals surface area contributed by atoms with Crippen molar-refractivity contribution in [2.45, 2.75) is 40.0 Å². The number of carbonyl (C=O) groups excluding carboxylic acids is 2. The third kappa shape index (κ3) is 4.57. The molecule has 0 spiro atoms. The molecule has 2 amide bonds. The lowest BCUT2D eigenvalue weighted by atomic mass is 9.95. The highest BCUT2D eigenvalue weighted by atomic mass is 16.2. The number of anilines is 1. The lowest BCUT2D eigenvalue weighted by Crippen LogP contribution is -2.41. The SMILES string of the molecule is CCc1ccc(NC(=O)C2CCN(C(=O)c3ccc(C)c(C)c3)CC2)cc1. The Morgan fingerprint density at radius 2 is 1.67 bits per heavy atom. The average molecular weight is 364 g/mol. The number of nitrogens with one attached hydrogen (secondary N) is 1. The molecule has 4 nitrogen and oxygen atoms in total. The van der Waals surface area contributed by atoms with Crippen molar-refractivity contribution >= 4 is 17.5 Å². The van der Waals surface area contributed by atoms with E-state index in [4.69, 9.17) is 0 Å². The lowest BCUT2D eigenvalue weighted by molar-refractivity contribution is -0.121. The van der Waals surface area contributed by atoms with Crippen LogP contribution in [0.3, 0.4) is 0 Å². The maximum absolute atomic E-state index is 12.7. The summed E-state index contributed by atoms with van der Waals surface area (Å²) in [6.45, 7) is 7.43. The van der Waals surface area contributed by atoms with Crippen LogP contribution >= 0.6 is 0 Å². The zero-order valence-corrected chi connectivity index (χ0v) is 16.4. The smallest absolute Gasteiger partial charge is 0.253 e. The molecular formula is C23H28N2O2. The van der Waals surface area contributed by atoms with Gasteiger partial charge in [-0.15, -0.1) is 0 Å². The zero-order chi connectivity index (χ0) is 19.4. The number of rotatable bonds is 4. The summed E-state index contributed by atoms with van der Waals surface area (Å²) < 4.78 is 0. The van der Waals surface area contributed by atoms with Crippen LogP contribution in [0.25, 0.3) is 0 Å². The second-order valence-corrected chi connectivity index (χ2v) is 7.41. The second kappa shape index (κ2) is 8.38. The molecule has 27 heavy (non-hydrogen) atoms. The summed E-state index contributed by atoms with van der Waals surface area (Å²) in [4.78, 5) is 27.1. The van der Waals surface area contributed by atoms with Crippen LogP contribution in [0.2, 0.25) is 0 Å². The van der Waals surface area contributed by atoms with Gasteiger partial charge in [-0.1, -0.05) is 25.1 Å². The Kier molecular flexibility index (Phi) is 5.94. The molecule has 1 heterocycles. The molecule has 0 bridgehead atoms. The van der Waals surface area contributed by atoms with Crippen molar-refractivity contribution in [3.63, 3.8) is 0 Å². The Bertz CT molecular complexity index is 819. The predicted octanol–water partition coefficient (Wildman–Crippen LogP) is 4.36. The summed E-state index contributed by atoms with van der Waals surface area (Å²) in [6, 6.07) is 13.8. The van der Waals surface area contributed by atoms with E-state index in [1.807, 2.05) is 61.2 Å². The maximum atomic E-state index is 12.7. The molecular weight excluding hydrogens is 336 g/mol. The van der Waals surface area contributed by atoms with Gasteiger partial charge < -0.3 is 10.2 Å². The molecule has 1 fully saturated rings. The highest BCUT2D eigenvalue weighted by Crippen LogP contribution is 2.22. The molecule has 1 aliphatic rings. The normalized spacial score (nSPS) is 14.9. The molecule has 0 saturated carbocycles. The van der Waals surface area contributed by atoms with E-state index in [2.05, 4.69) is 12.2 Å². The topological polar surface area (TPSA) is 49.4 Å². The summed E-state index contributed by atoms with van der Waals surface area (Å²) in [5, 5.41) is 3.01. The van der Waals surface area contributed by atoms with Gasteiger partial charge in [0.25, 0.3) is 5.91 Å². The van der Waals surface area contributed by atoms with Crippen molar-refractivity contribution in [1.82, 2.24) is 4.90 Å². The number of hydrogen-bond acceptors (Lipinski definition) is 2. The van der Waals surface area contributed by atoms with Crippen molar-refractivity contribution < 1.29 is 9.59 Å². The van der Waals surface area contributed by atoms with E-state index in [0.717, 1.165) is 23.2 Å². The predicted molar refractivity (Wildman–Crippen MR) is 109 cm³/mol. The molecule has 2 aromatic carbocycles. The molecule has 1 saturated heterocycles. The zero-order valence-electron chi connectivity index (χ0n) is 16.4. The number of likely N-dealkylation sites (tertiary alicyclic amines) is 1. The largest absolute Gasteiger partial charge is 0.339 e. The molecule has 2 aromatic rings. The number of piperidine rings is 1. The Morgan fingerprint density at radius 1 is 1.00 bits per heavy atom. The van der Waals surface area contributed by atoms with Crippen LogP contribution < -0.4 is 5.32 Å². The van der Waals surface area contributed by atoms with Crippen LogP contribution in [-0.2, 0) is 11.2 Å².